The van der Waals surface area contributed by atoms with Gasteiger partial charge in [0.05, 0.1) is 40.3 Å². The molecule has 14 heteroatoms. The lowest BCUT2D eigenvalue weighted by Gasteiger charge is -2.10. The second-order valence-electron chi connectivity index (χ2n) is 6.99. The molecule has 10 nitrogen and oxygen atoms in total. The van der Waals surface area contributed by atoms with E-state index in [1.807, 2.05) is 6.07 Å². The van der Waals surface area contributed by atoms with Crippen molar-refractivity contribution in [3.63, 3.8) is 0 Å². The van der Waals surface area contributed by atoms with Crippen LogP contribution >= 0.6 is 11.3 Å². The number of nitrogens with one attached hydrogen (secondary N) is 1. The number of halogens is 3. The van der Waals surface area contributed by atoms with Crippen molar-refractivity contribution in [1.82, 2.24) is 24.7 Å². The van der Waals surface area contributed by atoms with Gasteiger partial charge in [0, 0.05) is 6.20 Å². The Balaban J connectivity index is 1.73. The molecule has 4 aromatic rings. The predicted octanol–water partition coefficient (Wildman–Crippen LogP) is 2.88. The monoisotopic (exact) mass is 486 g/mol. The van der Waals surface area contributed by atoms with E-state index in [9.17, 15) is 22.8 Å². The number of thiazole rings is 1. The van der Waals surface area contributed by atoms with Gasteiger partial charge in [-0.05, 0) is 25.1 Å². The van der Waals surface area contributed by atoms with Gasteiger partial charge in [-0.25, -0.2) is 9.97 Å². The molecule has 0 fully saturated rings. The fourth-order valence-electron chi connectivity index (χ4n) is 3.12. The lowest BCUT2D eigenvalue weighted by Crippen LogP contribution is -2.19. The number of aromatic nitrogens is 5. The van der Waals surface area contributed by atoms with Crippen molar-refractivity contribution in [3.05, 3.63) is 63.8 Å². The zero-order chi connectivity index (χ0) is 24.6. The summed E-state index contributed by atoms with van der Waals surface area (Å²) in [6, 6.07) is 5.95. The minimum Gasteiger partial charge on any atom is -0.364 e. The summed E-state index contributed by atoms with van der Waals surface area (Å²) in [7, 11) is 0. The van der Waals surface area contributed by atoms with Gasteiger partial charge in [-0.3, -0.25) is 19.3 Å². The fraction of sp³-hybridized carbons (Fsp3) is 0.150. The summed E-state index contributed by atoms with van der Waals surface area (Å²) in [6.07, 6.45) is -3.58. The molecule has 3 N–H and O–H groups in total. The highest BCUT2D eigenvalue weighted by molar-refractivity contribution is 7.16. The van der Waals surface area contributed by atoms with E-state index in [4.69, 9.17) is 11.0 Å². The van der Waals surface area contributed by atoms with Gasteiger partial charge in [-0.1, -0.05) is 0 Å². The van der Waals surface area contributed by atoms with E-state index in [2.05, 4.69) is 25.4 Å². The number of hydrogen-bond acceptors (Lipinski definition) is 8. The Kier molecular flexibility index (Phi) is 5.71. The molecule has 0 radical (unpaired) electrons. The Hall–Kier alpha value is -4.38. The van der Waals surface area contributed by atoms with E-state index < -0.39 is 29.4 Å². The quantitative estimate of drug-likeness (QED) is 0.440. The van der Waals surface area contributed by atoms with Crippen LogP contribution in [0.3, 0.4) is 0 Å². The number of nitrogens with two attached hydrogens (primary N) is 1. The summed E-state index contributed by atoms with van der Waals surface area (Å²) < 4.78 is 42.3. The molecular formula is C20H13F3N8O2S. The molecule has 4 heterocycles. The van der Waals surface area contributed by atoms with Gasteiger partial charge in [0.25, 0.3) is 11.8 Å². The molecule has 0 aromatic carbocycles. The normalized spacial score (nSPS) is 11.4. The first kappa shape index (κ1) is 22.8. The number of carbonyl (C=O) groups is 2. The lowest BCUT2D eigenvalue weighted by molar-refractivity contribution is -0.140. The molecule has 172 valence electrons. The van der Waals surface area contributed by atoms with Crippen molar-refractivity contribution >= 4 is 39.2 Å². The van der Waals surface area contributed by atoms with Gasteiger partial charge < -0.3 is 11.1 Å². The Morgan fingerprint density at radius 3 is 2.68 bits per heavy atom. The summed E-state index contributed by atoms with van der Waals surface area (Å²) in [5.41, 5.74) is 5.21. The Morgan fingerprint density at radius 2 is 2.06 bits per heavy atom. The zero-order valence-corrected chi connectivity index (χ0v) is 18.0. The van der Waals surface area contributed by atoms with Gasteiger partial charge >= 0.3 is 6.18 Å². The van der Waals surface area contributed by atoms with Crippen LogP contribution in [0.4, 0.5) is 18.9 Å². The van der Waals surface area contributed by atoms with Gasteiger partial charge in [-0.15, -0.1) is 11.3 Å². The summed E-state index contributed by atoms with van der Waals surface area (Å²) in [5.74, 6) is -1.84. The average molecular weight is 486 g/mol. The Morgan fingerprint density at radius 1 is 1.29 bits per heavy atom. The topological polar surface area (TPSA) is 152 Å². The van der Waals surface area contributed by atoms with Crippen LogP contribution in [0.15, 0.2) is 29.9 Å². The third-order valence-electron chi connectivity index (χ3n) is 4.78. The molecule has 0 spiro atoms. The maximum Gasteiger partial charge on any atom is 0.437 e. The first-order valence-electron chi connectivity index (χ1n) is 9.43. The highest BCUT2D eigenvalue weighted by atomic mass is 32.1. The number of fused-ring (bicyclic) bond motifs is 1. The van der Waals surface area contributed by atoms with E-state index in [0.29, 0.717) is 11.3 Å². The van der Waals surface area contributed by atoms with Gasteiger partial charge in [-0.2, -0.15) is 23.5 Å². The number of rotatable bonds is 5. The Bertz CT molecular complexity index is 1470. The van der Waals surface area contributed by atoms with Crippen LogP contribution in [0.5, 0.6) is 0 Å². The highest BCUT2D eigenvalue weighted by Gasteiger charge is 2.39. The summed E-state index contributed by atoms with van der Waals surface area (Å²) in [6.45, 7) is 1.23. The van der Waals surface area contributed by atoms with Crippen LogP contribution in [-0.4, -0.2) is 36.5 Å². The number of alkyl halides is 3. The maximum absolute atomic E-state index is 13.7. The molecule has 0 unspecified atom stereocenters. The summed E-state index contributed by atoms with van der Waals surface area (Å²) in [4.78, 5) is 36.9. The van der Waals surface area contributed by atoms with Crippen molar-refractivity contribution in [2.75, 3.05) is 5.32 Å². The molecule has 0 aliphatic heterocycles. The molecule has 0 aliphatic carbocycles. The van der Waals surface area contributed by atoms with Crippen molar-refractivity contribution in [2.24, 2.45) is 5.73 Å². The Labute approximate surface area is 192 Å². The largest absolute Gasteiger partial charge is 0.437 e. The molecule has 0 saturated carbocycles. The minimum absolute atomic E-state index is 0.0190. The SMILES string of the molecule is Cc1c(NC(=O)c2cc(C(N)=O)nc3scnc23)c(C(F)(F)F)nn1Cc1ccc(C#N)cn1. The molecule has 0 bridgehead atoms. The maximum atomic E-state index is 13.7. The molecule has 4 rings (SSSR count). The number of nitrogens with zero attached hydrogens (tertiary/aromatic N) is 6. The van der Waals surface area contributed by atoms with Crippen LogP contribution in [0, 0.1) is 18.3 Å². The average Bonchev–Trinajstić information content (AvgIpc) is 3.38. The van der Waals surface area contributed by atoms with Crippen LogP contribution < -0.4 is 11.1 Å². The van der Waals surface area contributed by atoms with E-state index >= 15 is 0 Å². The molecule has 0 saturated heterocycles. The second-order valence-corrected chi connectivity index (χ2v) is 7.83. The fourth-order valence-corrected chi connectivity index (χ4v) is 3.80. The smallest absolute Gasteiger partial charge is 0.364 e. The van der Waals surface area contributed by atoms with Crippen LogP contribution in [-0.2, 0) is 12.7 Å². The summed E-state index contributed by atoms with van der Waals surface area (Å²) >= 11 is 1.04. The second kappa shape index (κ2) is 8.52. The number of amides is 2. The van der Waals surface area contributed by atoms with Crippen molar-refractivity contribution in [1.29, 1.82) is 5.26 Å². The van der Waals surface area contributed by atoms with Crippen molar-refractivity contribution < 1.29 is 22.8 Å². The van der Waals surface area contributed by atoms with Crippen LogP contribution in [0.1, 0.15) is 43.5 Å². The van der Waals surface area contributed by atoms with Gasteiger partial charge in [0.1, 0.15) is 22.1 Å². The number of primary amides is 1. The lowest BCUT2D eigenvalue weighted by atomic mass is 10.1. The van der Waals surface area contributed by atoms with Crippen LogP contribution in [0.25, 0.3) is 10.3 Å². The zero-order valence-electron chi connectivity index (χ0n) is 17.2. The first-order chi connectivity index (χ1) is 16.1. The van der Waals surface area contributed by atoms with Crippen LogP contribution in [0.2, 0.25) is 0 Å². The van der Waals surface area contributed by atoms with Crippen molar-refractivity contribution in [2.45, 2.75) is 19.6 Å². The third kappa shape index (κ3) is 4.28. The molecular weight excluding hydrogens is 473 g/mol. The first-order valence-corrected chi connectivity index (χ1v) is 10.3. The molecule has 0 aliphatic rings. The minimum atomic E-state index is -4.87. The van der Waals surface area contributed by atoms with Gasteiger partial charge in [0.2, 0.25) is 0 Å². The molecule has 4 aromatic heterocycles. The van der Waals surface area contributed by atoms with E-state index in [1.165, 1.54) is 30.8 Å². The standard InChI is InChI=1S/C20H13F3N8O2S/c1-9-14(29-18(33)12-4-13(17(25)32)28-19-15(12)27-8-34-19)16(20(21,22)23)30-31(9)7-11-3-2-10(5-24)6-26-11/h2-4,6,8H,7H2,1H3,(H2,25,32)(H,29,33). The number of carbonyl (C=O) groups excluding carboxylic acids is 2. The number of pyridine rings is 2. The summed E-state index contributed by atoms with van der Waals surface area (Å²) in [5, 5.41) is 14.8. The molecule has 34 heavy (non-hydrogen) atoms. The third-order valence-corrected chi connectivity index (χ3v) is 5.50. The molecule has 2 amide bonds. The predicted molar refractivity (Wildman–Crippen MR) is 114 cm³/mol. The highest BCUT2D eigenvalue weighted by Crippen LogP contribution is 2.36. The number of anilines is 1. The number of nitriles is 1. The van der Waals surface area contributed by atoms with E-state index in [-0.39, 0.29) is 33.8 Å². The molecule has 0 atom stereocenters. The number of hydrogen-bond donors (Lipinski definition) is 2. The van der Waals surface area contributed by atoms with E-state index in [1.54, 1.807) is 0 Å². The van der Waals surface area contributed by atoms with Crippen molar-refractivity contribution in [3.8, 4) is 6.07 Å². The van der Waals surface area contributed by atoms with E-state index in [0.717, 1.165) is 22.1 Å². The van der Waals surface area contributed by atoms with Gasteiger partial charge in [0.15, 0.2) is 5.69 Å².